The number of aromatic nitrogens is 2. The zero-order valence-electron chi connectivity index (χ0n) is 15.9. The summed E-state index contributed by atoms with van der Waals surface area (Å²) in [5.74, 6) is 1.44. The molecule has 7 heteroatoms. The molecular weight excluding hydrogens is 370 g/mol. The lowest BCUT2D eigenvalue weighted by Gasteiger charge is -2.23. The van der Waals surface area contributed by atoms with Gasteiger partial charge >= 0.3 is 0 Å². The first-order chi connectivity index (χ1) is 13.6. The van der Waals surface area contributed by atoms with E-state index < -0.39 is 5.44 Å². The van der Waals surface area contributed by atoms with Crippen LogP contribution in [0.4, 0.5) is 11.8 Å². The molecule has 4 rings (SSSR count). The normalized spacial score (nSPS) is 16.7. The molecule has 0 aliphatic carbocycles. The molecule has 0 spiro atoms. The van der Waals surface area contributed by atoms with Crippen molar-refractivity contribution >= 4 is 34.4 Å². The lowest BCUT2D eigenvalue weighted by atomic mass is 10.1. The fourth-order valence-corrected chi connectivity index (χ4v) is 4.35. The molecule has 146 valence electrons. The van der Waals surface area contributed by atoms with Crippen molar-refractivity contribution in [1.82, 2.24) is 9.97 Å². The quantitative estimate of drug-likeness (QED) is 0.572. The molecule has 1 aliphatic heterocycles. The summed E-state index contributed by atoms with van der Waals surface area (Å²) < 4.78 is 0. The van der Waals surface area contributed by atoms with Crippen LogP contribution in [0.1, 0.15) is 17.5 Å². The number of hydrogen-bond donors (Lipinski definition) is 3. The maximum Gasteiger partial charge on any atom is 0.228 e. The average Bonchev–Trinajstić information content (AvgIpc) is 2.86. The standard InChI is InChI=1S/C21H25N5OS/c1-14-7-8-17-16(11-14)20(23-10-4-9-22)25-21(24-17)26-12-15-5-2-3-6-18(15)28-19(27)13-26/h2-3,5-8,11,19,27H,4,9-10,12-13,22H2,1H3,(H,23,24,25). The molecule has 2 heterocycles. The van der Waals surface area contributed by atoms with Gasteiger partial charge in [0, 0.05) is 23.4 Å². The van der Waals surface area contributed by atoms with Crippen LogP contribution in [0.15, 0.2) is 47.4 Å². The van der Waals surface area contributed by atoms with Gasteiger partial charge in [-0.25, -0.2) is 4.98 Å². The van der Waals surface area contributed by atoms with Crippen LogP contribution in [-0.4, -0.2) is 40.1 Å². The van der Waals surface area contributed by atoms with Gasteiger partial charge in [0.25, 0.3) is 0 Å². The predicted molar refractivity (Wildman–Crippen MR) is 116 cm³/mol. The SMILES string of the molecule is Cc1ccc2nc(N3Cc4ccccc4SC(O)C3)nc(NCCCN)c2c1. The fraction of sp³-hybridized carbons (Fsp3) is 0.333. The Morgan fingerprint density at radius 3 is 2.96 bits per heavy atom. The highest BCUT2D eigenvalue weighted by Crippen LogP contribution is 2.33. The molecule has 0 bridgehead atoms. The first kappa shape index (κ1) is 19.0. The Bertz CT molecular complexity index is 980. The Hall–Kier alpha value is -2.35. The lowest BCUT2D eigenvalue weighted by Crippen LogP contribution is -2.30. The van der Waals surface area contributed by atoms with Gasteiger partial charge in [-0.15, -0.1) is 0 Å². The van der Waals surface area contributed by atoms with Crippen LogP contribution in [-0.2, 0) is 6.54 Å². The summed E-state index contributed by atoms with van der Waals surface area (Å²) in [4.78, 5) is 12.8. The van der Waals surface area contributed by atoms with E-state index in [0.717, 1.165) is 34.6 Å². The number of thioether (sulfide) groups is 1. The summed E-state index contributed by atoms with van der Waals surface area (Å²) in [5.41, 5.74) is 8.35. The van der Waals surface area contributed by atoms with Gasteiger partial charge in [0.05, 0.1) is 12.1 Å². The summed E-state index contributed by atoms with van der Waals surface area (Å²) in [7, 11) is 0. The van der Waals surface area contributed by atoms with Crippen LogP contribution in [0.3, 0.4) is 0 Å². The van der Waals surface area contributed by atoms with E-state index in [1.54, 1.807) is 0 Å². The minimum Gasteiger partial charge on any atom is -0.380 e. The number of aryl methyl sites for hydroxylation is 1. The van der Waals surface area contributed by atoms with E-state index in [-0.39, 0.29) is 0 Å². The lowest BCUT2D eigenvalue weighted by molar-refractivity contribution is 0.267. The number of hydrogen-bond acceptors (Lipinski definition) is 7. The van der Waals surface area contributed by atoms with E-state index in [0.29, 0.717) is 25.6 Å². The van der Waals surface area contributed by atoms with E-state index in [9.17, 15) is 5.11 Å². The Morgan fingerprint density at radius 1 is 1.25 bits per heavy atom. The molecule has 1 unspecified atom stereocenters. The Balaban J connectivity index is 1.74. The first-order valence-electron chi connectivity index (χ1n) is 9.54. The minimum atomic E-state index is -0.533. The van der Waals surface area contributed by atoms with Crippen LogP contribution in [0.25, 0.3) is 10.9 Å². The third-order valence-electron chi connectivity index (χ3n) is 4.77. The number of benzene rings is 2. The molecule has 1 aliphatic rings. The Labute approximate surface area is 169 Å². The monoisotopic (exact) mass is 395 g/mol. The van der Waals surface area contributed by atoms with Crippen molar-refractivity contribution in [3.8, 4) is 0 Å². The number of nitrogens with one attached hydrogen (secondary N) is 1. The van der Waals surface area contributed by atoms with Crippen molar-refractivity contribution in [1.29, 1.82) is 0 Å². The second kappa shape index (κ2) is 8.34. The maximum absolute atomic E-state index is 10.5. The van der Waals surface area contributed by atoms with Crippen LogP contribution >= 0.6 is 11.8 Å². The van der Waals surface area contributed by atoms with Crippen LogP contribution < -0.4 is 16.0 Å². The summed E-state index contributed by atoms with van der Waals surface area (Å²) in [5, 5.41) is 14.9. The van der Waals surface area contributed by atoms with Gasteiger partial charge in [-0.05, 0) is 43.7 Å². The highest BCUT2D eigenvalue weighted by atomic mass is 32.2. The molecule has 4 N–H and O–H groups in total. The van der Waals surface area contributed by atoms with Crippen LogP contribution in [0.5, 0.6) is 0 Å². The predicted octanol–water partition coefficient (Wildman–Crippen LogP) is 3.13. The maximum atomic E-state index is 10.5. The average molecular weight is 396 g/mol. The molecule has 0 amide bonds. The van der Waals surface area contributed by atoms with E-state index >= 15 is 0 Å². The molecule has 1 atom stereocenters. The number of β-amino-alcohol motifs (C(OH)–C–C–N with tert-alkyl or cyclic N) is 1. The van der Waals surface area contributed by atoms with Crippen molar-refractivity contribution in [3.05, 3.63) is 53.6 Å². The highest BCUT2D eigenvalue weighted by molar-refractivity contribution is 7.99. The van der Waals surface area contributed by atoms with Gasteiger partial charge in [0.1, 0.15) is 11.3 Å². The van der Waals surface area contributed by atoms with Gasteiger partial charge in [0.15, 0.2) is 0 Å². The summed E-state index contributed by atoms with van der Waals surface area (Å²) >= 11 is 1.49. The number of nitrogens with two attached hydrogens (primary N) is 1. The van der Waals surface area contributed by atoms with E-state index in [4.69, 9.17) is 15.7 Å². The zero-order chi connectivity index (χ0) is 19.5. The van der Waals surface area contributed by atoms with Gasteiger partial charge in [0.2, 0.25) is 5.95 Å². The number of rotatable bonds is 5. The van der Waals surface area contributed by atoms with Crippen molar-refractivity contribution < 1.29 is 5.11 Å². The molecule has 3 aromatic rings. The molecule has 0 saturated carbocycles. The van der Waals surface area contributed by atoms with E-state index in [1.807, 2.05) is 18.2 Å². The summed E-state index contributed by atoms with van der Waals surface area (Å²) in [6.45, 7) is 4.60. The second-order valence-electron chi connectivity index (χ2n) is 7.02. The molecule has 0 radical (unpaired) electrons. The van der Waals surface area contributed by atoms with Crippen molar-refractivity contribution in [3.63, 3.8) is 0 Å². The molecular formula is C21H25N5OS. The molecule has 0 saturated heterocycles. The molecule has 2 aromatic carbocycles. The number of nitrogens with zero attached hydrogens (tertiary/aromatic N) is 3. The van der Waals surface area contributed by atoms with Crippen LogP contribution in [0.2, 0.25) is 0 Å². The molecule has 28 heavy (non-hydrogen) atoms. The van der Waals surface area contributed by atoms with Crippen LogP contribution in [0, 0.1) is 6.92 Å². The summed E-state index contributed by atoms with van der Waals surface area (Å²) in [6, 6.07) is 14.4. The fourth-order valence-electron chi connectivity index (χ4n) is 3.36. The van der Waals surface area contributed by atoms with Gasteiger partial charge in [-0.3, -0.25) is 0 Å². The molecule has 6 nitrogen and oxygen atoms in total. The van der Waals surface area contributed by atoms with Crippen molar-refractivity contribution in [2.45, 2.75) is 30.2 Å². The zero-order valence-corrected chi connectivity index (χ0v) is 16.7. The third kappa shape index (κ3) is 4.06. The van der Waals surface area contributed by atoms with Gasteiger partial charge in [-0.1, -0.05) is 41.6 Å². The van der Waals surface area contributed by atoms with Gasteiger partial charge < -0.3 is 21.1 Å². The minimum absolute atomic E-state index is 0.471. The van der Waals surface area contributed by atoms with E-state index in [1.165, 1.54) is 22.9 Å². The first-order valence-corrected chi connectivity index (χ1v) is 10.4. The number of aliphatic hydroxyl groups is 1. The molecule has 0 fully saturated rings. The molecule has 1 aromatic heterocycles. The van der Waals surface area contributed by atoms with Crippen molar-refractivity contribution in [2.24, 2.45) is 5.73 Å². The van der Waals surface area contributed by atoms with Gasteiger partial charge in [-0.2, -0.15) is 4.98 Å². The van der Waals surface area contributed by atoms with E-state index in [2.05, 4.69) is 41.4 Å². The highest BCUT2D eigenvalue weighted by Gasteiger charge is 2.23. The third-order valence-corrected chi connectivity index (χ3v) is 5.84. The number of aliphatic hydroxyl groups excluding tert-OH is 1. The number of fused-ring (bicyclic) bond motifs is 2. The van der Waals surface area contributed by atoms with Crippen molar-refractivity contribution in [2.75, 3.05) is 29.9 Å². The topological polar surface area (TPSA) is 87.3 Å². The Kier molecular flexibility index (Phi) is 5.66. The second-order valence-corrected chi connectivity index (χ2v) is 8.24. The number of anilines is 2. The Morgan fingerprint density at radius 2 is 2.11 bits per heavy atom. The smallest absolute Gasteiger partial charge is 0.228 e. The largest absolute Gasteiger partial charge is 0.380 e. The summed E-state index contributed by atoms with van der Waals surface area (Å²) in [6.07, 6.45) is 0.874.